The summed E-state index contributed by atoms with van der Waals surface area (Å²) in [4.78, 5) is 25.3. The largest absolute Gasteiger partial charge is 0.444 e. The van der Waals surface area contributed by atoms with E-state index in [0.717, 1.165) is 11.4 Å². The van der Waals surface area contributed by atoms with Gasteiger partial charge in [-0.15, -0.1) is 5.10 Å². The van der Waals surface area contributed by atoms with Crippen LogP contribution in [0, 0.1) is 6.92 Å². The Kier molecular flexibility index (Phi) is 4.56. The summed E-state index contributed by atoms with van der Waals surface area (Å²) in [6.07, 6.45) is 1.36. The van der Waals surface area contributed by atoms with E-state index < -0.39 is 5.60 Å². The predicted octanol–water partition coefficient (Wildman–Crippen LogP) is 2.33. The van der Waals surface area contributed by atoms with Crippen LogP contribution in [0.2, 0.25) is 0 Å². The number of piperazine rings is 1. The Hall–Kier alpha value is -3.30. The molecule has 3 aromatic rings. The number of carbonyl (C=O) groups excluding carboxylic acids is 1. The Morgan fingerprint density at radius 3 is 2.55 bits per heavy atom. The molecule has 0 spiro atoms. The van der Waals surface area contributed by atoms with Gasteiger partial charge in [-0.2, -0.15) is 0 Å². The number of aromatic nitrogens is 4. The van der Waals surface area contributed by atoms with Gasteiger partial charge < -0.3 is 24.7 Å². The number of aryl methyl sites for hydroxylation is 1. The van der Waals surface area contributed by atoms with Crippen molar-refractivity contribution in [2.75, 3.05) is 36.8 Å². The molecule has 3 aromatic heterocycles. The van der Waals surface area contributed by atoms with E-state index in [2.05, 4.69) is 20.0 Å². The first-order chi connectivity index (χ1) is 13.7. The first-order valence-corrected chi connectivity index (χ1v) is 9.52. The van der Waals surface area contributed by atoms with Gasteiger partial charge in [-0.3, -0.25) is 0 Å². The Morgan fingerprint density at radius 1 is 1.21 bits per heavy atom. The average Bonchev–Trinajstić information content (AvgIpc) is 3.27. The highest BCUT2D eigenvalue weighted by atomic mass is 16.6. The quantitative estimate of drug-likeness (QED) is 0.698. The summed E-state index contributed by atoms with van der Waals surface area (Å²) >= 11 is 0. The van der Waals surface area contributed by atoms with Crippen molar-refractivity contribution in [2.24, 2.45) is 0 Å². The van der Waals surface area contributed by atoms with Gasteiger partial charge in [-0.25, -0.2) is 19.3 Å². The fourth-order valence-corrected chi connectivity index (χ4v) is 3.29. The zero-order valence-electron chi connectivity index (χ0n) is 17.0. The fourth-order valence-electron chi connectivity index (χ4n) is 3.29. The van der Waals surface area contributed by atoms with Crippen molar-refractivity contribution >= 4 is 23.4 Å². The number of rotatable bonds is 2. The molecule has 10 heteroatoms. The maximum atomic E-state index is 12.3. The van der Waals surface area contributed by atoms with Gasteiger partial charge in [0.15, 0.2) is 17.3 Å². The number of nitrogen functional groups attached to an aromatic ring is 1. The van der Waals surface area contributed by atoms with Gasteiger partial charge in [0, 0.05) is 37.8 Å². The minimum absolute atomic E-state index is 0.280. The smallest absolute Gasteiger partial charge is 0.410 e. The lowest BCUT2D eigenvalue weighted by atomic mass is 10.2. The highest BCUT2D eigenvalue weighted by Crippen LogP contribution is 2.25. The van der Waals surface area contributed by atoms with E-state index >= 15 is 0 Å². The third-order valence-corrected chi connectivity index (χ3v) is 4.67. The highest BCUT2D eigenvalue weighted by molar-refractivity contribution is 5.69. The van der Waals surface area contributed by atoms with E-state index in [0.29, 0.717) is 49.3 Å². The standard InChI is InChI=1S/C19H25N7O3/c1-12-16(24-7-9-25(10-8-24)18(27)29-19(2,3)4)21-11-26-17(12)22-15(23-26)13-5-6-14(20)28-13/h5-6,11H,7-10,20H2,1-4H3. The normalized spacial score (nSPS) is 15.2. The second-order valence-corrected chi connectivity index (χ2v) is 8.05. The molecule has 0 atom stereocenters. The number of nitrogens with two attached hydrogens (primary N) is 1. The number of anilines is 2. The summed E-state index contributed by atoms with van der Waals surface area (Å²) in [6, 6.07) is 3.41. The molecule has 0 saturated carbocycles. The van der Waals surface area contributed by atoms with Gasteiger partial charge in [0.25, 0.3) is 0 Å². The highest BCUT2D eigenvalue weighted by Gasteiger charge is 2.27. The van der Waals surface area contributed by atoms with Crippen LogP contribution in [0.15, 0.2) is 22.9 Å². The maximum Gasteiger partial charge on any atom is 0.410 e. The Labute approximate surface area is 168 Å². The number of nitrogens with zero attached hydrogens (tertiary/aromatic N) is 6. The molecule has 4 rings (SSSR count). The molecule has 10 nitrogen and oxygen atoms in total. The van der Waals surface area contributed by atoms with Crippen molar-refractivity contribution in [3.63, 3.8) is 0 Å². The molecule has 0 unspecified atom stereocenters. The third kappa shape index (κ3) is 3.82. The van der Waals surface area contributed by atoms with E-state index in [1.54, 1.807) is 27.9 Å². The molecular formula is C19H25N7O3. The van der Waals surface area contributed by atoms with Crippen molar-refractivity contribution in [3.05, 3.63) is 24.0 Å². The minimum atomic E-state index is -0.499. The molecule has 4 heterocycles. The topological polar surface area (TPSA) is 115 Å². The molecule has 1 amide bonds. The predicted molar refractivity (Wildman–Crippen MR) is 108 cm³/mol. The SMILES string of the molecule is Cc1c(N2CCN(C(=O)OC(C)(C)C)CC2)ncn2nc(-c3ccc(N)o3)nc12. The number of furan rings is 1. The lowest BCUT2D eigenvalue weighted by molar-refractivity contribution is 0.0240. The molecule has 0 aromatic carbocycles. The fraction of sp³-hybridized carbons (Fsp3) is 0.474. The van der Waals surface area contributed by atoms with Crippen LogP contribution in [0.4, 0.5) is 16.5 Å². The Bertz CT molecular complexity index is 1040. The maximum absolute atomic E-state index is 12.3. The van der Waals surface area contributed by atoms with E-state index in [1.807, 2.05) is 27.7 Å². The third-order valence-electron chi connectivity index (χ3n) is 4.67. The Morgan fingerprint density at radius 2 is 1.93 bits per heavy atom. The molecule has 0 bridgehead atoms. The second kappa shape index (κ2) is 6.94. The van der Waals surface area contributed by atoms with Crippen LogP contribution in [0.1, 0.15) is 26.3 Å². The molecule has 0 radical (unpaired) electrons. The molecule has 1 saturated heterocycles. The molecular weight excluding hydrogens is 374 g/mol. The van der Waals surface area contributed by atoms with Gasteiger partial charge in [-0.1, -0.05) is 0 Å². The first kappa shape index (κ1) is 19.0. The summed E-state index contributed by atoms with van der Waals surface area (Å²) in [5.41, 5.74) is 6.76. The van der Waals surface area contributed by atoms with Crippen LogP contribution < -0.4 is 10.6 Å². The van der Waals surface area contributed by atoms with E-state index in [4.69, 9.17) is 14.9 Å². The number of ether oxygens (including phenoxy) is 1. The number of fused-ring (bicyclic) bond motifs is 1. The zero-order valence-corrected chi connectivity index (χ0v) is 17.0. The van der Waals surface area contributed by atoms with Crippen LogP contribution in [-0.4, -0.2) is 62.4 Å². The lowest BCUT2D eigenvalue weighted by Crippen LogP contribution is -2.50. The Balaban J connectivity index is 1.51. The molecule has 0 aliphatic carbocycles. The van der Waals surface area contributed by atoms with Crippen molar-refractivity contribution in [2.45, 2.75) is 33.3 Å². The van der Waals surface area contributed by atoms with Gasteiger partial charge in [0.2, 0.25) is 5.82 Å². The van der Waals surface area contributed by atoms with Crippen molar-refractivity contribution < 1.29 is 13.9 Å². The van der Waals surface area contributed by atoms with Crippen LogP contribution in [-0.2, 0) is 4.74 Å². The summed E-state index contributed by atoms with van der Waals surface area (Å²) in [5, 5.41) is 4.42. The number of hydrogen-bond donors (Lipinski definition) is 1. The van der Waals surface area contributed by atoms with Crippen LogP contribution in [0.3, 0.4) is 0 Å². The van der Waals surface area contributed by atoms with Gasteiger partial charge in [0.05, 0.1) is 0 Å². The summed E-state index contributed by atoms with van der Waals surface area (Å²) in [5.74, 6) is 2.12. The zero-order chi connectivity index (χ0) is 20.8. The molecule has 2 N–H and O–H groups in total. The van der Waals surface area contributed by atoms with Crippen molar-refractivity contribution in [1.29, 1.82) is 0 Å². The van der Waals surface area contributed by atoms with E-state index in [9.17, 15) is 4.79 Å². The van der Waals surface area contributed by atoms with Crippen LogP contribution in [0.5, 0.6) is 0 Å². The molecule has 154 valence electrons. The van der Waals surface area contributed by atoms with Crippen LogP contribution in [0.25, 0.3) is 17.2 Å². The van der Waals surface area contributed by atoms with Gasteiger partial charge in [-0.05, 0) is 33.8 Å². The number of carbonyl (C=O) groups is 1. The van der Waals surface area contributed by atoms with Crippen molar-refractivity contribution in [3.8, 4) is 11.6 Å². The molecule has 1 fully saturated rings. The summed E-state index contributed by atoms with van der Waals surface area (Å²) in [6.45, 7) is 10.1. The van der Waals surface area contributed by atoms with Crippen LogP contribution >= 0.6 is 0 Å². The monoisotopic (exact) mass is 399 g/mol. The second-order valence-electron chi connectivity index (χ2n) is 8.05. The average molecular weight is 399 g/mol. The number of hydrogen-bond acceptors (Lipinski definition) is 8. The molecule has 29 heavy (non-hydrogen) atoms. The number of amides is 1. The minimum Gasteiger partial charge on any atom is -0.444 e. The van der Waals surface area contributed by atoms with Gasteiger partial charge in [0.1, 0.15) is 17.7 Å². The van der Waals surface area contributed by atoms with Crippen molar-refractivity contribution in [1.82, 2.24) is 24.5 Å². The van der Waals surface area contributed by atoms with E-state index in [1.165, 1.54) is 0 Å². The van der Waals surface area contributed by atoms with E-state index in [-0.39, 0.29) is 6.09 Å². The summed E-state index contributed by atoms with van der Waals surface area (Å²) in [7, 11) is 0. The first-order valence-electron chi connectivity index (χ1n) is 9.52. The van der Waals surface area contributed by atoms with Gasteiger partial charge >= 0.3 is 6.09 Å². The molecule has 1 aliphatic rings. The lowest BCUT2D eigenvalue weighted by Gasteiger charge is -2.36. The molecule has 1 aliphatic heterocycles. The summed E-state index contributed by atoms with van der Waals surface area (Å²) < 4.78 is 12.5.